The Balaban J connectivity index is 1.49. The van der Waals surface area contributed by atoms with E-state index in [1.165, 1.54) is 23.1 Å². The summed E-state index contributed by atoms with van der Waals surface area (Å²) in [6.07, 6.45) is 0. The van der Waals surface area contributed by atoms with Crippen LogP contribution in [0.1, 0.15) is 53.1 Å². The highest BCUT2D eigenvalue weighted by molar-refractivity contribution is 7.99. The highest BCUT2D eigenvalue weighted by Gasteiger charge is 2.18. The van der Waals surface area contributed by atoms with E-state index in [1.807, 2.05) is 66.9 Å². The van der Waals surface area contributed by atoms with Gasteiger partial charge in [-0.15, -0.1) is 20.4 Å². The minimum Gasteiger partial charge on any atom is -0.345 e. The summed E-state index contributed by atoms with van der Waals surface area (Å²) in [6, 6.07) is 15.5. The Morgan fingerprint density at radius 1 is 1.00 bits per heavy atom. The standard InChI is InChI=1S/C26H29N7O2S2/c1-16-7-6-8-20(13-16)33-21(14-27-23(35)18-9-11-19(12-10-18)26(3,4)5)30-32-25(33)36-15-22(34)28-24-31-29-17(2)37-24/h6-13H,14-15H2,1-5H3,(H,27,35)(H,28,31,34). The van der Waals surface area contributed by atoms with Crippen molar-refractivity contribution in [2.24, 2.45) is 0 Å². The van der Waals surface area contributed by atoms with Crippen LogP contribution in [0.5, 0.6) is 0 Å². The van der Waals surface area contributed by atoms with Crippen molar-refractivity contribution in [3.63, 3.8) is 0 Å². The summed E-state index contributed by atoms with van der Waals surface area (Å²) in [6.45, 7) is 10.4. The molecule has 37 heavy (non-hydrogen) atoms. The van der Waals surface area contributed by atoms with Crippen molar-refractivity contribution >= 4 is 40.0 Å². The van der Waals surface area contributed by atoms with Crippen LogP contribution in [0.3, 0.4) is 0 Å². The van der Waals surface area contributed by atoms with Gasteiger partial charge in [0.1, 0.15) is 5.01 Å². The van der Waals surface area contributed by atoms with Gasteiger partial charge in [0, 0.05) is 11.3 Å². The zero-order chi connectivity index (χ0) is 26.6. The summed E-state index contributed by atoms with van der Waals surface area (Å²) < 4.78 is 1.86. The first kappa shape index (κ1) is 26.5. The zero-order valence-electron chi connectivity index (χ0n) is 21.4. The number of rotatable bonds is 8. The van der Waals surface area contributed by atoms with Gasteiger partial charge in [0.2, 0.25) is 11.0 Å². The maximum absolute atomic E-state index is 12.8. The number of nitrogens with zero attached hydrogens (tertiary/aromatic N) is 5. The minimum atomic E-state index is -0.214. The fourth-order valence-electron chi connectivity index (χ4n) is 3.55. The summed E-state index contributed by atoms with van der Waals surface area (Å²) in [5, 5.41) is 24.0. The predicted molar refractivity (Wildman–Crippen MR) is 146 cm³/mol. The molecule has 11 heteroatoms. The largest absolute Gasteiger partial charge is 0.345 e. The maximum atomic E-state index is 12.8. The van der Waals surface area contributed by atoms with Crippen LogP contribution in [0.2, 0.25) is 0 Å². The number of nitrogens with one attached hydrogen (secondary N) is 2. The molecule has 0 radical (unpaired) electrons. The second-order valence-electron chi connectivity index (χ2n) is 9.55. The Bertz CT molecular complexity index is 1410. The van der Waals surface area contributed by atoms with Crippen LogP contribution in [-0.4, -0.2) is 42.5 Å². The van der Waals surface area contributed by atoms with E-state index in [2.05, 4.69) is 51.8 Å². The van der Waals surface area contributed by atoms with Crippen molar-refractivity contribution < 1.29 is 9.59 Å². The Morgan fingerprint density at radius 2 is 1.76 bits per heavy atom. The predicted octanol–water partition coefficient (Wildman–Crippen LogP) is 4.69. The summed E-state index contributed by atoms with van der Waals surface area (Å²) in [7, 11) is 0. The number of hydrogen-bond donors (Lipinski definition) is 2. The van der Waals surface area contributed by atoms with Crippen molar-refractivity contribution in [3.05, 3.63) is 76.1 Å². The Hall–Kier alpha value is -3.57. The molecule has 2 aromatic heterocycles. The number of carbonyl (C=O) groups is 2. The van der Waals surface area contributed by atoms with Crippen LogP contribution >= 0.6 is 23.1 Å². The van der Waals surface area contributed by atoms with Crippen LogP contribution in [0.25, 0.3) is 5.69 Å². The normalized spacial score (nSPS) is 11.4. The highest BCUT2D eigenvalue weighted by Crippen LogP contribution is 2.24. The second kappa shape index (κ2) is 11.2. The fourth-order valence-corrected chi connectivity index (χ4v) is 4.93. The number of hydrogen-bond acceptors (Lipinski definition) is 8. The van der Waals surface area contributed by atoms with Gasteiger partial charge in [-0.25, -0.2) is 0 Å². The van der Waals surface area contributed by atoms with Crippen LogP contribution in [0, 0.1) is 13.8 Å². The zero-order valence-corrected chi connectivity index (χ0v) is 23.0. The number of benzene rings is 2. The first-order valence-corrected chi connectivity index (χ1v) is 13.5. The smallest absolute Gasteiger partial charge is 0.251 e. The molecule has 2 heterocycles. The van der Waals surface area contributed by atoms with Crippen LogP contribution in [-0.2, 0) is 16.8 Å². The Morgan fingerprint density at radius 3 is 2.41 bits per heavy atom. The average Bonchev–Trinajstić information content (AvgIpc) is 3.46. The van der Waals surface area contributed by atoms with E-state index >= 15 is 0 Å². The molecule has 0 unspecified atom stereocenters. The van der Waals surface area contributed by atoms with Gasteiger partial charge in [-0.2, -0.15) is 0 Å². The van der Waals surface area contributed by atoms with E-state index < -0.39 is 0 Å². The highest BCUT2D eigenvalue weighted by atomic mass is 32.2. The molecule has 4 rings (SSSR count). The molecule has 4 aromatic rings. The van der Waals surface area contributed by atoms with E-state index in [4.69, 9.17) is 0 Å². The maximum Gasteiger partial charge on any atom is 0.251 e. The molecular weight excluding hydrogens is 506 g/mol. The van der Waals surface area contributed by atoms with Crippen molar-refractivity contribution in [3.8, 4) is 5.69 Å². The molecule has 2 amide bonds. The number of carbonyl (C=O) groups excluding carboxylic acids is 2. The van der Waals surface area contributed by atoms with E-state index in [1.54, 1.807) is 0 Å². The number of anilines is 1. The lowest BCUT2D eigenvalue weighted by Gasteiger charge is -2.19. The molecule has 0 aliphatic heterocycles. The lowest BCUT2D eigenvalue weighted by Crippen LogP contribution is -2.25. The molecule has 2 N–H and O–H groups in total. The van der Waals surface area contributed by atoms with Gasteiger partial charge in [0.25, 0.3) is 5.91 Å². The second-order valence-corrected chi connectivity index (χ2v) is 11.7. The van der Waals surface area contributed by atoms with E-state index in [9.17, 15) is 9.59 Å². The number of aromatic nitrogens is 5. The van der Waals surface area contributed by atoms with Crippen LogP contribution in [0.4, 0.5) is 5.13 Å². The molecule has 0 aliphatic rings. The molecule has 2 aromatic carbocycles. The summed E-state index contributed by atoms with van der Waals surface area (Å²) >= 11 is 2.57. The van der Waals surface area contributed by atoms with Crippen LogP contribution in [0.15, 0.2) is 53.7 Å². The van der Waals surface area contributed by atoms with Gasteiger partial charge in [-0.1, -0.05) is 68.1 Å². The Kier molecular flexibility index (Phi) is 8.03. The molecule has 0 saturated heterocycles. The van der Waals surface area contributed by atoms with Crippen molar-refractivity contribution in [2.45, 2.75) is 51.7 Å². The number of aryl methyl sites for hydroxylation is 2. The third-order valence-electron chi connectivity index (χ3n) is 5.49. The first-order chi connectivity index (χ1) is 17.6. The van der Waals surface area contributed by atoms with E-state index in [0.717, 1.165) is 21.8 Å². The van der Waals surface area contributed by atoms with Gasteiger partial charge < -0.3 is 5.32 Å². The van der Waals surface area contributed by atoms with Crippen molar-refractivity contribution in [2.75, 3.05) is 11.1 Å². The Labute approximate surface area is 224 Å². The number of amides is 2. The van der Waals surface area contributed by atoms with E-state index in [0.29, 0.717) is 21.7 Å². The third kappa shape index (κ3) is 6.80. The van der Waals surface area contributed by atoms with Gasteiger partial charge in [0.05, 0.1) is 12.3 Å². The lowest BCUT2D eigenvalue weighted by molar-refractivity contribution is -0.113. The minimum absolute atomic E-state index is 0.0142. The average molecular weight is 536 g/mol. The molecule has 0 bridgehead atoms. The molecule has 192 valence electrons. The summed E-state index contributed by atoms with van der Waals surface area (Å²) in [5.41, 5.74) is 3.68. The number of thioether (sulfide) groups is 1. The van der Waals surface area contributed by atoms with Crippen molar-refractivity contribution in [1.82, 2.24) is 30.3 Å². The molecule has 0 atom stereocenters. The SMILES string of the molecule is Cc1cccc(-n2c(CNC(=O)c3ccc(C(C)(C)C)cc3)nnc2SCC(=O)Nc2nnc(C)s2)c1. The monoisotopic (exact) mass is 535 g/mol. The first-order valence-electron chi connectivity index (χ1n) is 11.7. The molecule has 0 spiro atoms. The van der Waals surface area contributed by atoms with Gasteiger partial charge in [-0.3, -0.25) is 19.5 Å². The lowest BCUT2D eigenvalue weighted by atomic mass is 9.87. The fraction of sp³-hybridized carbons (Fsp3) is 0.308. The molecule has 9 nitrogen and oxygen atoms in total. The molecule has 0 fully saturated rings. The quantitative estimate of drug-likeness (QED) is 0.315. The van der Waals surface area contributed by atoms with Gasteiger partial charge >= 0.3 is 0 Å². The topological polar surface area (TPSA) is 115 Å². The van der Waals surface area contributed by atoms with Gasteiger partial charge in [-0.05, 0) is 54.7 Å². The van der Waals surface area contributed by atoms with Crippen LogP contribution < -0.4 is 10.6 Å². The molecule has 0 saturated carbocycles. The summed E-state index contributed by atoms with van der Waals surface area (Å²) in [5.74, 6) is 0.274. The summed E-state index contributed by atoms with van der Waals surface area (Å²) in [4.78, 5) is 25.3. The molecular formula is C26H29N7O2S2. The van der Waals surface area contributed by atoms with E-state index in [-0.39, 0.29) is 29.5 Å². The van der Waals surface area contributed by atoms with Crippen molar-refractivity contribution in [1.29, 1.82) is 0 Å². The third-order valence-corrected chi connectivity index (χ3v) is 7.17. The van der Waals surface area contributed by atoms with Gasteiger partial charge in [0.15, 0.2) is 11.0 Å². The molecule has 0 aliphatic carbocycles.